The highest BCUT2D eigenvalue weighted by atomic mass is 16.1. The average Bonchev–Trinajstić information content (AvgIpc) is 2.58. The van der Waals surface area contributed by atoms with Gasteiger partial charge in [0.25, 0.3) is 5.91 Å². The topological polar surface area (TPSA) is 85.8 Å². The van der Waals surface area contributed by atoms with Crippen molar-refractivity contribution in [3.05, 3.63) is 35.9 Å². The molecule has 0 saturated carbocycles. The largest absolute Gasteiger partial charge is 0.397 e. The number of carbonyl (C=O) groups excluding carboxylic acids is 1. The molecule has 0 unspecified atom stereocenters. The Labute approximate surface area is 98.5 Å². The van der Waals surface area contributed by atoms with Crippen LogP contribution in [-0.4, -0.2) is 20.7 Å². The smallest absolute Gasteiger partial charge is 0.257 e. The van der Waals surface area contributed by atoms with Gasteiger partial charge in [-0.05, 0) is 13.0 Å². The van der Waals surface area contributed by atoms with Crippen LogP contribution in [0.15, 0.2) is 24.7 Å². The van der Waals surface area contributed by atoms with E-state index >= 15 is 0 Å². The molecule has 0 aliphatic heterocycles. The maximum Gasteiger partial charge on any atom is 0.257 e. The summed E-state index contributed by atoms with van der Waals surface area (Å²) in [6.07, 6.45) is 4.72. The summed E-state index contributed by atoms with van der Waals surface area (Å²) in [7, 11) is 1.80. The van der Waals surface area contributed by atoms with Crippen molar-refractivity contribution < 1.29 is 4.79 Å². The molecular weight excluding hydrogens is 218 g/mol. The number of aryl methyl sites for hydroxylation is 2. The third-order valence-electron chi connectivity index (χ3n) is 2.36. The lowest BCUT2D eigenvalue weighted by Gasteiger charge is -2.05. The maximum atomic E-state index is 11.9. The van der Waals surface area contributed by atoms with Gasteiger partial charge in [0.2, 0.25) is 0 Å². The van der Waals surface area contributed by atoms with Crippen LogP contribution in [0, 0.1) is 6.92 Å². The predicted octanol–water partition coefficient (Wildman–Crippen LogP) is 0.958. The highest BCUT2D eigenvalue weighted by molar-refractivity contribution is 6.07. The first-order chi connectivity index (χ1) is 8.08. The van der Waals surface area contributed by atoms with E-state index in [0.29, 0.717) is 16.9 Å². The summed E-state index contributed by atoms with van der Waals surface area (Å²) < 4.78 is 1.64. The first kappa shape index (κ1) is 11.1. The molecule has 0 atom stereocenters. The van der Waals surface area contributed by atoms with Crippen LogP contribution in [0.5, 0.6) is 0 Å². The Morgan fingerprint density at radius 3 is 2.88 bits per heavy atom. The first-order valence-electron chi connectivity index (χ1n) is 5.09. The number of hydrogen-bond acceptors (Lipinski definition) is 4. The molecule has 0 spiro atoms. The molecule has 17 heavy (non-hydrogen) atoms. The van der Waals surface area contributed by atoms with Gasteiger partial charge in [0.15, 0.2) is 0 Å². The molecule has 0 aliphatic carbocycles. The Balaban J connectivity index is 2.23. The van der Waals surface area contributed by atoms with Crippen molar-refractivity contribution in [1.82, 2.24) is 14.8 Å². The Hall–Kier alpha value is -2.37. The molecule has 6 heteroatoms. The number of nitrogens with two attached hydrogens (primary N) is 1. The van der Waals surface area contributed by atoms with E-state index in [4.69, 9.17) is 5.73 Å². The van der Waals surface area contributed by atoms with Gasteiger partial charge in [0.1, 0.15) is 0 Å². The third kappa shape index (κ3) is 2.25. The van der Waals surface area contributed by atoms with Gasteiger partial charge < -0.3 is 11.1 Å². The van der Waals surface area contributed by atoms with Gasteiger partial charge in [0, 0.05) is 19.4 Å². The number of pyridine rings is 1. The van der Waals surface area contributed by atoms with Gasteiger partial charge in [-0.3, -0.25) is 14.5 Å². The standard InChI is InChI=1S/C11H13N5O/c1-7-10(6-16(2)15-7)14-11(17)8-3-4-13-5-9(8)12/h3-6H,12H2,1-2H3,(H,14,17). The van der Waals surface area contributed by atoms with E-state index in [-0.39, 0.29) is 5.91 Å². The average molecular weight is 231 g/mol. The maximum absolute atomic E-state index is 11.9. The van der Waals surface area contributed by atoms with Gasteiger partial charge >= 0.3 is 0 Å². The molecule has 2 aromatic heterocycles. The Kier molecular flexibility index (Phi) is 2.78. The zero-order valence-corrected chi connectivity index (χ0v) is 9.64. The fourth-order valence-corrected chi connectivity index (χ4v) is 1.53. The summed E-state index contributed by atoms with van der Waals surface area (Å²) in [5, 5.41) is 6.90. The number of anilines is 2. The predicted molar refractivity (Wildman–Crippen MR) is 64.5 cm³/mol. The summed E-state index contributed by atoms with van der Waals surface area (Å²) in [5.74, 6) is -0.263. The van der Waals surface area contributed by atoms with Crippen LogP contribution in [0.3, 0.4) is 0 Å². The molecule has 2 rings (SSSR count). The van der Waals surface area contributed by atoms with Crippen LogP contribution in [0.4, 0.5) is 11.4 Å². The normalized spacial score (nSPS) is 10.2. The molecular formula is C11H13N5O. The Bertz CT molecular complexity index is 561. The monoisotopic (exact) mass is 231 g/mol. The number of carbonyl (C=O) groups is 1. The molecule has 0 aromatic carbocycles. The van der Waals surface area contributed by atoms with E-state index < -0.39 is 0 Å². The lowest BCUT2D eigenvalue weighted by molar-refractivity contribution is 0.102. The molecule has 1 amide bonds. The first-order valence-corrected chi connectivity index (χ1v) is 5.09. The van der Waals surface area contributed by atoms with Crippen molar-refractivity contribution >= 4 is 17.3 Å². The Morgan fingerprint density at radius 2 is 2.29 bits per heavy atom. The fourth-order valence-electron chi connectivity index (χ4n) is 1.53. The van der Waals surface area contributed by atoms with Crippen molar-refractivity contribution in [3.63, 3.8) is 0 Å². The SMILES string of the molecule is Cc1nn(C)cc1NC(=O)c1ccncc1N. The van der Waals surface area contributed by atoms with Crippen molar-refractivity contribution in [2.24, 2.45) is 7.05 Å². The number of nitrogens with zero attached hydrogens (tertiary/aromatic N) is 3. The fraction of sp³-hybridized carbons (Fsp3) is 0.182. The van der Waals surface area contributed by atoms with E-state index in [1.54, 1.807) is 24.0 Å². The van der Waals surface area contributed by atoms with Crippen LogP contribution in [0.1, 0.15) is 16.1 Å². The second-order valence-corrected chi connectivity index (χ2v) is 3.72. The summed E-state index contributed by atoms with van der Waals surface area (Å²) in [4.78, 5) is 15.8. The molecule has 2 aromatic rings. The highest BCUT2D eigenvalue weighted by Gasteiger charge is 2.12. The zero-order valence-electron chi connectivity index (χ0n) is 9.64. The summed E-state index contributed by atoms with van der Waals surface area (Å²) >= 11 is 0. The lowest BCUT2D eigenvalue weighted by Crippen LogP contribution is -2.14. The quantitative estimate of drug-likeness (QED) is 0.806. The lowest BCUT2D eigenvalue weighted by atomic mass is 10.2. The summed E-state index contributed by atoms with van der Waals surface area (Å²) in [5.41, 5.74) is 7.87. The van der Waals surface area contributed by atoms with Crippen molar-refractivity contribution in [2.45, 2.75) is 6.92 Å². The Morgan fingerprint density at radius 1 is 1.53 bits per heavy atom. The molecule has 0 saturated heterocycles. The number of hydrogen-bond donors (Lipinski definition) is 2. The van der Waals surface area contributed by atoms with Crippen LogP contribution >= 0.6 is 0 Å². The van der Waals surface area contributed by atoms with E-state index in [0.717, 1.165) is 5.69 Å². The second-order valence-electron chi connectivity index (χ2n) is 3.72. The van der Waals surface area contributed by atoms with Gasteiger partial charge in [-0.15, -0.1) is 0 Å². The molecule has 0 aliphatic rings. The minimum Gasteiger partial charge on any atom is -0.397 e. The second kappa shape index (κ2) is 4.25. The zero-order chi connectivity index (χ0) is 12.4. The van der Waals surface area contributed by atoms with Crippen LogP contribution in [0.25, 0.3) is 0 Å². The van der Waals surface area contributed by atoms with Crippen LogP contribution < -0.4 is 11.1 Å². The molecule has 2 heterocycles. The number of aromatic nitrogens is 3. The third-order valence-corrected chi connectivity index (χ3v) is 2.36. The number of amides is 1. The van der Waals surface area contributed by atoms with E-state index in [1.165, 1.54) is 12.4 Å². The minimum absolute atomic E-state index is 0.263. The van der Waals surface area contributed by atoms with E-state index in [9.17, 15) is 4.79 Å². The minimum atomic E-state index is -0.263. The van der Waals surface area contributed by atoms with Crippen LogP contribution in [-0.2, 0) is 7.05 Å². The van der Waals surface area contributed by atoms with E-state index in [2.05, 4.69) is 15.4 Å². The highest BCUT2D eigenvalue weighted by Crippen LogP contribution is 2.15. The van der Waals surface area contributed by atoms with Gasteiger partial charge in [-0.1, -0.05) is 0 Å². The van der Waals surface area contributed by atoms with Crippen LogP contribution in [0.2, 0.25) is 0 Å². The van der Waals surface area contributed by atoms with Crippen molar-refractivity contribution in [1.29, 1.82) is 0 Å². The molecule has 0 radical (unpaired) electrons. The van der Waals surface area contributed by atoms with Gasteiger partial charge in [0.05, 0.1) is 28.8 Å². The van der Waals surface area contributed by atoms with Gasteiger partial charge in [-0.2, -0.15) is 5.10 Å². The number of rotatable bonds is 2. The van der Waals surface area contributed by atoms with Crippen molar-refractivity contribution in [2.75, 3.05) is 11.1 Å². The van der Waals surface area contributed by atoms with Gasteiger partial charge in [-0.25, -0.2) is 0 Å². The summed E-state index contributed by atoms with van der Waals surface area (Å²) in [6, 6.07) is 1.58. The molecule has 3 N–H and O–H groups in total. The van der Waals surface area contributed by atoms with Crippen molar-refractivity contribution in [3.8, 4) is 0 Å². The molecule has 0 fully saturated rings. The number of nitrogens with one attached hydrogen (secondary N) is 1. The number of nitrogen functional groups attached to an aromatic ring is 1. The summed E-state index contributed by atoms with van der Waals surface area (Å²) in [6.45, 7) is 1.82. The van der Waals surface area contributed by atoms with E-state index in [1.807, 2.05) is 6.92 Å². The molecule has 88 valence electrons. The molecule has 0 bridgehead atoms. The molecule has 6 nitrogen and oxygen atoms in total.